The van der Waals surface area contributed by atoms with E-state index < -0.39 is 11.8 Å². The molecule has 18 heavy (non-hydrogen) atoms. The molecule has 0 amide bonds. The molecule has 0 aliphatic carbocycles. The second kappa shape index (κ2) is 5.05. The van der Waals surface area contributed by atoms with Gasteiger partial charge in [0, 0.05) is 6.54 Å². The van der Waals surface area contributed by atoms with Gasteiger partial charge < -0.3 is 20.5 Å². The van der Waals surface area contributed by atoms with Crippen LogP contribution in [0.25, 0.3) is 0 Å². The molecule has 96 valence electrons. The summed E-state index contributed by atoms with van der Waals surface area (Å²) in [5, 5.41) is 14.6. The average Bonchev–Trinajstić information content (AvgIpc) is 2.84. The van der Waals surface area contributed by atoms with Gasteiger partial charge in [-0.05, 0) is 0 Å². The molecule has 1 aliphatic heterocycles. The number of rotatable bonds is 3. The molecule has 2 heterocycles. The molecule has 0 fully saturated rings. The minimum absolute atomic E-state index is 0.0452. The third-order valence-electron chi connectivity index (χ3n) is 2.13. The summed E-state index contributed by atoms with van der Waals surface area (Å²) in [6.07, 6.45) is 0. The first kappa shape index (κ1) is 12.4. The molecule has 0 radical (unpaired) electrons. The van der Waals surface area contributed by atoms with Gasteiger partial charge in [0.05, 0.1) is 13.7 Å². The average molecular weight is 272 g/mol. The quantitative estimate of drug-likeness (QED) is 0.674. The largest absolute Gasteiger partial charge is 0.479 e. The Bertz CT molecular complexity index is 519. The summed E-state index contributed by atoms with van der Waals surface area (Å²) in [5.74, 6) is -1.15. The number of carboxylic acid groups (broad SMARTS) is 1. The molecule has 1 aliphatic rings. The van der Waals surface area contributed by atoms with Crippen molar-refractivity contribution in [3.05, 3.63) is 11.0 Å². The van der Waals surface area contributed by atoms with E-state index in [-0.39, 0.29) is 16.7 Å². The Morgan fingerprint density at radius 1 is 1.56 bits per heavy atom. The zero-order valence-corrected chi connectivity index (χ0v) is 10.2. The number of nitrogens with one attached hydrogen (secondary N) is 2. The molecular formula is C9H10ClN5O3. The first-order chi connectivity index (χ1) is 8.61. The minimum Gasteiger partial charge on any atom is -0.479 e. The van der Waals surface area contributed by atoms with Gasteiger partial charge in [0.1, 0.15) is 5.69 Å². The number of methoxy groups -OCH3 is 1. The molecule has 1 aromatic heterocycles. The predicted octanol–water partition coefficient (Wildman–Crippen LogP) is 0.208. The molecule has 0 aromatic carbocycles. The highest BCUT2D eigenvalue weighted by Gasteiger charge is 2.19. The number of aromatic nitrogens is 2. The van der Waals surface area contributed by atoms with Crippen LogP contribution in [-0.4, -0.2) is 47.2 Å². The fraction of sp³-hybridized carbons (Fsp3) is 0.333. The van der Waals surface area contributed by atoms with Crippen molar-refractivity contribution in [1.82, 2.24) is 15.3 Å². The van der Waals surface area contributed by atoms with Crippen LogP contribution in [0.2, 0.25) is 5.15 Å². The van der Waals surface area contributed by atoms with Gasteiger partial charge in [0.2, 0.25) is 11.7 Å². The van der Waals surface area contributed by atoms with Crippen LogP contribution in [0.5, 0.6) is 5.88 Å². The number of aliphatic imine (C=N–C) groups is 1. The fourth-order valence-electron chi connectivity index (χ4n) is 1.36. The molecule has 0 saturated carbocycles. The third-order valence-corrected chi connectivity index (χ3v) is 2.41. The third kappa shape index (κ3) is 2.43. The lowest BCUT2D eigenvalue weighted by Crippen LogP contribution is -2.27. The number of anilines is 1. The molecule has 0 bridgehead atoms. The SMILES string of the molecule is COc1nc(C(=O)O)nc(Cl)c1NC1=NCCN1. The van der Waals surface area contributed by atoms with Gasteiger partial charge in [-0.15, -0.1) is 0 Å². The summed E-state index contributed by atoms with van der Waals surface area (Å²) < 4.78 is 4.98. The molecule has 1 aromatic rings. The molecule has 8 nitrogen and oxygen atoms in total. The van der Waals surface area contributed by atoms with E-state index in [9.17, 15) is 4.79 Å². The number of guanidine groups is 1. The van der Waals surface area contributed by atoms with E-state index in [0.29, 0.717) is 12.5 Å². The zero-order valence-electron chi connectivity index (χ0n) is 9.40. The van der Waals surface area contributed by atoms with E-state index in [2.05, 4.69) is 25.6 Å². The monoisotopic (exact) mass is 271 g/mol. The van der Waals surface area contributed by atoms with Crippen LogP contribution in [0.15, 0.2) is 4.99 Å². The van der Waals surface area contributed by atoms with Crippen LogP contribution < -0.4 is 15.4 Å². The number of nitrogens with zero attached hydrogens (tertiary/aromatic N) is 3. The molecule has 2 rings (SSSR count). The van der Waals surface area contributed by atoms with E-state index >= 15 is 0 Å². The van der Waals surface area contributed by atoms with Gasteiger partial charge in [-0.3, -0.25) is 4.99 Å². The molecule has 0 saturated heterocycles. The lowest BCUT2D eigenvalue weighted by atomic mass is 10.4. The highest BCUT2D eigenvalue weighted by molar-refractivity contribution is 6.33. The van der Waals surface area contributed by atoms with Crippen LogP contribution in [0, 0.1) is 0 Å². The number of carbonyl (C=O) groups is 1. The fourth-order valence-corrected chi connectivity index (χ4v) is 1.57. The maximum atomic E-state index is 10.8. The summed E-state index contributed by atoms with van der Waals surface area (Å²) in [4.78, 5) is 22.3. The first-order valence-corrected chi connectivity index (χ1v) is 5.39. The molecule has 9 heteroatoms. The van der Waals surface area contributed by atoms with Crippen LogP contribution in [0.3, 0.4) is 0 Å². The molecule has 3 N–H and O–H groups in total. The van der Waals surface area contributed by atoms with Crippen molar-refractivity contribution < 1.29 is 14.6 Å². The number of hydrogen-bond donors (Lipinski definition) is 3. The summed E-state index contributed by atoms with van der Waals surface area (Å²) in [6.45, 7) is 1.37. The van der Waals surface area contributed by atoms with E-state index in [0.717, 1.165) is 6.54 Å². The van der Waals surface area contributed by atoms with Crippen molar-refractivity contribution in [2.24, 2.45) is 4.99 Å². The maximum Gasteiger partial charge on any atom is 0.374 e. The molecular weight excluding hydrogens is 262 g/mol. The zero-order chi connectivity index (χ0) is 13.1. The van der Waals surface area contributed by atoms with Crippen molar-refractivity contribution in [3.8, 4) is 5.88 Å². The minimum atomic E-state index is -1.28. The van der Waals surface area contributed by atoms with E-state index in [1.807, 2.05) is 0 Å². The van der Waals surface area contributed by atoms with Crippen LogP contribution in [0.4, 0.5) is 5.69 Å². The molecule has 0 atom stereocenters. The van der Waals surface area contributed by atoms with Gasteiger partial charge in [-0.1, -0.05) is 11.6 Å². The van der Waals surface area contributed by atoms with Gasteiger partial charge in [-0.25, -0.2) is 9.78 Å². The van der Waals surface area contributed by atoms with Gasteiger partial charge in [0.15, 0.2) is 11.1 Å². The Morgan fingerprint density at radius 3 is 2.89 bits per heavy atom. The number of hydrogen-bond acceptors (Lipinski definition) is 7. The second-order valence-electron chi connectivity index (χ2n) is 3.31. The number of ether oxygens (including phenoxy) is 1. The number of halogens is 1. The topological polar surface area (TPSA) is 109 Å². The standard InChI is InChI=1S/C9H10ClN5O3/c1-18-7-4(13-9-11-2-3-12-9)5(10)14-6(15-7)8(16)17/h2-3H2,1H3,(H,16,17)(H2,11,12,13). The van der Waals surface area contributed by atoms with Crippen molar-refractivity contribution in [2.75, 3.05) is 25.5 Å². The van der Waals surface area contributed by atoms with Crippen LogP contribution in [0.1, 0.15) is 10.6 Å². The van der Waals surface area contributed by atoms with Crippen LogP contribution in [-0.2, 0) is 0 Å². The Labute approximate surface area is 107 Å². The summed E-state index contributed by atoms with van der Waals surface area (Å²) in [5.41, 5.74) is 0.275. The normalized spacial score (nSPS) is 13.8. The Balaban J connectivity index is 2.36. The lowest BCUT2D eigenvalue weighted by molar-refractivity contribution is 0.0682. The van der Waals surface area contributed by atoms with Crippen LogP contribution >= 0.6 is 11.6 Å². The van der Waals surface area contributed by atoms with Gasteiger partial charge >= 0.3 is 5.97 Å². The van der Waals surface area contributed by atoms with Crippen molar-refractivity contribution >= 4 is 29.2 Å². The maximum absolute atomic E-state index is 10.8. The smallest absolute Gasteiger partial charge is 0.374 e. The summed E-state index contributed by atoms with van der Waals surface area (Å²) in [7, 11) is 1.36. The highest BCUT2D eigenvalue weighted by atomic mass is 35.5. The van der Waals surface area contributed by atoms with Gasteiger partial charge in [0.25, 0.3) is 0 Å². The number of aromatic carboxylic acids is 1. The predicted molar refractivity (Wildman–Crippen MR) is 64.5 cm³/mol. The Kier molecular flexibility index (Phi) is 3.47. The summed E-state index contributed by atoms with van der Waals surface area (Å²) >= 11 is 5.90. The molecule has 0 unspecified atom stereocenters. The second-order valence-corrected chi connectivity index (χ2v) is 3.67. The van der Waals surface area contributed by atoms with E-state index in [1.54, 1.807) is 0 Å². The van der Waals surface area contributed by atoms with E-state index in [1.165, 1.54) is 7.11 Å². The molecule has 0 spiro atoms. The lowest BCUT2D eigenvalue weighted by Gasteiger charge is -2.11. The van der Waals surface area contributed by atoms with E-state index in [4.69, 9.17) is 21.4 Å². The summed E-state index contributed by atoms with van der Waals surface area (Å²) in [6, 6.07) is 0. The Hall–Kier alpha value is -2.09. The van der Waals surface area contributed by atoms with Gasteiger partial charge in [-0.2, -0.15) is 4.98 Å². The van der Waals surface area contributed by atoms with Crippen molar-refractivity contribution in [2.45, 2.75) is 0 Å². The van der Waals surface area contributed by atoms with Crippen molar-refractivity contribution in [3.63, 3.8) is 0 Å². The Morgan fingerprint density at radius 2 is 2.33 bits per heavy atom. The number of carboxylic acids is 1. The van der Waals surface area contributed by atoms with Crippen molar-refractivity contribution in [1.29, 1.82) is 0 Å². The highest BCUT2D eigenvalue weighted by Crippen LogP contribution is 2.29. The first-order valence-electron chi connectivity index (χ1n) is 5.02.